The number of nitrogens with zero attached hydrogens (tertiary/aromatic N) is 1. The fraction of sp³-hybridized carbons (Fsp3) is 0.304. The first kappa shape index (κ1) is 20.6. The summed E-state index contributed by atoms with van der Waals surface area (Å²) in [5.74, 6) is -0.966. The summed E-state index contributed by atoms with van der Waals surface area (Å²) in [6, 6.07) is 10.2. The number of rotatable bonds is 4. The van der Waals surface area contributed by atoms with Crippen LogP contribution in [0.15, 0.2) is 36.4 Å². The van der Waals surface area contributed by atoms with E-state index in [0.717, 1.165) is 27.9 Å². The Bertz CT molecular complexity index is 1090. The van der Waals surface area contributed by atoms with E-state index in [1.54, 1.807) is 6.07 Å². The van der Waals surface area contributed by atoms with Gasteiger partial charge in [-0.2, -0.15) is 0 Å². The van der Waals surface area contributed by atoms with Crippen molar-refractivity contribution in [2.45, 2.75) is 45.8 Å². The van der Waals surface area contributed by atoms with Crippen LogP contribution in [-0.4, -0.2) is 34.7 Å². The molecule has 2 aliphatic rings. The lowest BCUT2D eigenvalue weighted by Gasteiger charge is -2.29. The third kappa shape index (κ3) is 4.14. The first-order valence-electron chi connectivity index (χ1n) is 10.2. The molecule has 0 aromatic heterocycles. The van der Waals surface area contributed by atoms with E-state index >= 15 is 0 Å². The Morgan fingerprint density at radius 2 is 1.97 bits per heavy atom. The Labute approximate surface area is 180 Å². The predicted octanol–water partition coefficient (Wildman–Crippen LogP) is 2.39. The second-order valence-electron chi connectivity index (χ2n) is 7.95. The van der Waals surface area contributed by atoms with Crippen LogP contribution in [0.2, 0.25) is 0 Å². The van der Waals surface area contributed by atoms with E-state index < -0.39 is 11.9 Å². The van der Waals surface area contributed by atoms with Crippen LogP contribution in [-0.2, 0) is 22.7 Å². The minimum Gasteiger partial charge on any atom is -0.334 e. The summed E-state index contributed by atoms with van der Waals surface area (Å²) in [6.45, 7) is 4.53. The van der Waals surface area contributed by atoms with E-state index in [1.807, 2.05) is 44.2 Å². The number of carbonyl (C=O) groups is 4. The van der Waals surface area contributed by atoms with Gasteiger partial charge in [-0.25, -0.2) is 4.79 Å². The van der Waals surface area contributed by atoms with Crippen LogP contribution < -0.4 is 16.0 Å². The van der Waals surface area contributed by atoms with Gasteiger partial charge in [0.25, 0.3) is 5.91 Å². The van der Waals surface area contributed by atoms with Gasteiger partial charge in [-0.1, -0.05) is 24.3 Å². The Kier molecular flexibility index (Phi) is 5.46. The molecule has 0 radical (unpaired) electrons. The summed E-state index contributed by atoms with van der Waals surface area (Å²) >= 11 is 0. The fourth-order valence-corrected chi connectivity index (χ4v) is 3.95. The molecular weight excluding hydrogens is 396 g/mol. The third-order valence-electron chi connectivity index (χ3n) is 5.90. The van der Waals surface area contributed by atoms with Crippen LogP contribution in [0.3, 0.4) is 0 Å². The number of imide groups is 1. The molecule has 1 fully saturated rings. The zero-order chi connectivity index (χ0) is 22.1. The van der Waals surface area contributed by atoms with Crippen molar-refractivity contribution in [3.8, 4) is 0 Å². The normalized spacial score (nSPS) is 17.9. The highest BCUT2D eigenvalue weighted by atomic mass is 16.2. The SMILES string of the molecule is Cc1cccc(NC(=O)NCc2ccc3c(c2)C(=O)N(C2CCC(=O)NC2=O)C3)c1C. The van der Waals surface area contributed by atoms with Gasteiger partial charge in [-0.15, -0.1) is 0 Å². The average molecular weight is 420 g/mol. The first-order chi connectivity index (χ1) is 14.8. The molecular formula is C23H24N4O4. The van der Waals surface area contributed by atoms with Gasteiger partial charge >= 0.3 is 6.03 Å². The fourth-order valence-electron chi connectivity index (χ4n) is 3.95. The second-order valence-corrected chi connectivity index (χ2v) is 7.95. The summed E-state index contributed by atoms with van der Waals surface area (Å²) < 4.78 is 0. The maximum absolute atomic E-state index is 12.9. The third-order valence-corrected chi connectivity index (χ3v) is 5.90. The molecule has 1 unspecified atom stereocenters. The summed E-state index contributed by atoms with van der Waals surface area (Å²) in [5, 5.41) is 7.95. The number of nitrogens with one attached hydrogen (secondary N) is 3. The smallest absolute Gasteiger partial charge is 0.319 e. The van der Waals surface area contributed by atoms with E-state index in [0.29, 0.717) is 18.5 Å². The highest BCUT2D eigenvalue weighted by Crippen LogP contribution is 2.28. The summed E-state index contributed by atoms with van der Waals surface area (Å²) in [4.78, 5) is 50.2. The maximum atomic E-state index is 12.9. The van der Waals surface area contributed by atoms with Crippen molar-refractivity contribution in [3.63, 3.8) is 0 Å². The molecule has 160 valence electrons. The van der Waals surface area contributed by atoms with Gasteiger partial charge in [0, 0.05) is 30.8 Å². The minimum atomic E-state index is -0.637. The molecule has 4 rings (SSSR count). The Balaban J connectivity index is 1.40. The Hall–Kier alpha value is -3.68. The summed E-state index contributed by atoms with van der Waals surface area (Å²) in [7, 11) is 0. The van der Waals surface area contributed by atoms with Crippen LogP contribution in [0.4, 0.5) is 10.5 Å². The second kappa shape index (κ2) is 8.22. The average Bonchev–Trinajstić information content (AvgIpc) is 3.06. The molecule has 2 aromatic rings. The van der Waals surface area contributed by atoms with Crippen molar-refractivity contribution in [2.24, 2.45) is 0 Å². The molecule has 0 bridgehead atoms. The number of benzene rings is 2. The van der Waals surface area contributed by atoms with Crippen molar-refractivity contribution >= 4 is 29.4 Å². The van der Waals surface area contributed by atoms with Crippen molar-refractivity contribution in [1.29, 1.82) is 0 Å². The molecule has 8 heteroatoms. The molecule has 31 heavy (non-hydrogen) atoms. The monoisotopic (exact) mass is 420 g/mol. The van der Waals surface area contributed by atoms with E-state index in [9.17, 15) is 19.2 Å². The lowest BCUT2D eigenvalue weighted by molar-refractivity contribution is -0.136. The topological polar surface area (TPSA) is 108 Å². The lowest BCUT2D eigenvalue weighted by atomic mass is 10.0. The number of anilines is 1. The van der Waals surface area contributed by atoms with E-state index in [1.165, 1.54) is 4.90 Å². The Morgan fingerprint density at radius 3 is 2.74 bits per heavy atom. The number of fused-ring (bicyclic) bond motifs is 1. The lowest BCUT2D eigenvalue weighted by Crippen LogP contribution is -2.52. The quantitative estimate of drug-likeness (QED) is 0.660. The van der Waals surface area contributed by atoms with Crippen molar-refractivity contribution in [2.75, 3.05) is 5.32 Å². The predicted molar refractivity (Wildman–Crippen MR) is 114 cm³/mol. The molecule has 8 nitrogen and oxygen atoms in total. The molecule has 1 atom stereocenters. The molecule has 5 amide bonds. The highest BCUT2D eigenvalue weighted by molar-refractivity contribution is 6.05. The molecule has 0 spiro atoms. The number of carbonyl (C=O) groups excluding carboxylic acids is 4. The molecule has 1 saturated heterocycles. The summed E-state index contributed by atoms with van der Waals surface area (Å²) in [5.41, 5.74) is 5.00. The number of hydrogen-bond donors (Lipinski definition) is 3. The maximum Gasteiger partial charge on any atom is 0.319 e. The first-order valence-corrected chi connectivity index (χ1v) is 10.2. The van der Waals surface area contributed by atoms with E-state index in [4.69, 9.17) is 0 Å². The number of piperidine rings is 1. The van der Waals surface area contributed by atoms with Crippen molar-refractivity contribution < 1.29 is 19.2 Å². The number of urea groups is 1. The summed E-state index contributed by atoms with van der Waals surface area (Å²) in [6.07, 6.45) is 0.554. The van der Waals surface area contributed by atoms with E-state index in [-0.39, 0.29) is 30.8 Å². The zero-order valence-corrected chi connectivity index (χ0v) is 17.5. The van der Waals surface area contributed by atoms with Crippen LogP contribution in [0.5, 0.6) is 0 Å². The van der Waals surface area contributed by atoms with E-state index in [2.05, 4.69) is 16.0 Å². The van der Waals surface area contributed by atoms with Crippen LogP contribution in [0, 0.1) is 13.8 Å². The number of hydrogen-bond acceptors (Lipinski definition) is 4. The van der Waals surface area contributed by atoms with Gasteiger partial charge in [-0.3, -0.25) is 19.7 Å². The van der Waals surface area contributed by atoms with Gasteiger partial charge in [0.1, 0.15) is 6.04 Å². The molecule has 2 heterocycles. The van der Waals surface area contributed by atoms with Crippen LogP contribution >= 0.6 is 0 Å². The number of aryl methyl sites for hydroxylation is 1. The van der Waals surface area contributed by atoms with Gasteiger partial charge < -0.3 is 15.5 Å². The molecule has 2 aliphatic heterocycles. The van der Waals surface area contributed by atoms with Gasteiger partial charge in [0.05, 0.1) is 0 Å². The van der Waals surface area contributed by atoms with Crippen molar-refractivity contribution in [1.82, 2.24) is 15.5 Å². The standard InChI is InChI=1S/C23H24N4O4/c1-13-4-3-5-18(14(13)2)25-23(31)24-11-15-6-7-16-12-27(22(30)17(16)10-15)19-8-9-20(28)26-21(19)29/h3-7,10,19H,8-9,11-12H2,1-2H3,(H2,24,25,31)(H,26,28,29). The van der Waals surface area contributed by atoms with Gasteiger partial charge in [0.15, 0.2) is 0 Å². The Morgan fingerprint density at radius 1 is 1.16 bits per heavy atom. The van der Waals surface area contributed by atoms with Crippen LogP contribution in [0.1, 0.15) is 45.5 Å². The molecule has 3 N–H and O–H groups in total. The largest absolute Gasteiger partial charge is 0.334 e. The number of amides is 5. The molecule has 0 aliphatic carbocycles. The van der Waals surface area contributed by atoms with Crippen molar-refractivity contribution in [3.05, 3.63) is 64.2 Å². The molecule has 0 saturated carbocycles. The van der Waals surface area contributed by atoms with Crippen LogP contribution in [0.25, 0.3) is 0 Å². The zero-order valence-electron chi connectivity index (χ0n) is 17.5. The van der Waals surface area contributed by atoms with Gasteiger partial charge in [-0.05, 0) is 54.7 Å². The van der Waals surface area contributed by atoms with Gasteiger partial charge in [0.2, 0.25) is 11.8 Å². The molecule has 2 aromatic carbocycles. The highest BCUT2D eigenvalue weighted by Gasteiger charge is 2.39. The minimum absolute atomic E-state index is 0.223.